The molecular weight excluding hydrogens is 426 g/mol. The summed E-state index contributed by atoms with van der Waals surface area (Å²) in [4.78, 5) is 22.7. The predicted octanol–water partition coefficient (Wildman–Crippen LogP) is 4.56. The molecule has 1 fully saturated rings. The van der Waals surface area contributed by atoms with Crippen molar-refractivity contribution in [1.29, 1.82) is 0 Å². The maximum Gasteiger partial charge on any atom is 0.280 e. The summed E-state index contributed by atoms with van der Waals surface area (Å²) in [6.45, 7) is 4.11. The Hall–Kier alpha value is -4.20. The number of hydrogen-bond donors (Lipinski definition) is 0. The first-order valence-corrected chi connectivity index (χ1v) is 11.4. The summed E-state index contributed by atoms with van der Waals surface area (Å²) < 4.78 is 3.28. The summed E-state index contributed by atoms with van der Waals surface area (Å²) in [5, 5.41) is 14.0. The molecule has 8 nitrogen and oxygen atoms in total. The van der Waals surface area contributed by atoms with Crippen LogP contribution >= 0.6 is 0 Å². The zero-order valence-corrected chi connectivity index (χ0v) is 19.0. The molecule has 0 N–H and O–H groups in total. The molecule has 0 bridgehead atoms. The van der Waals surface area contributed by atoms with Crippen LogP contribution in [0.4, 0.5) is 0 Å². The van der Waals surface area contributed by atoms with Gasteiger partial charge in [-0.2, -0.15) is 9.78 Å². The van der Waals surface area contributed by atoms with Gasteiger partial charge in [0.2, 0.25) is 0 Å². The maximum absolute atomic E-state index is 13.4. The van der Waals surface area contributed by atoms with Gasteiger partial charge in [-0.1, -0.05) is 24.3 Å². The van der Waals surface area contributed by atoms with Crippen LogP contribution in [-0.2, 0) is 0 Å². The van der Waals surface area contributed by atoms with Crippen LogP contribution in [0.5, 0.6) is 0 Å². The number of pyridine rings is 2. The second-order valence-corrected chi connectivity index (χ2v) is 8.95. The normalized spacial score (nSPS) is 13.6. The third-order valence-electron chi connectivity index (χ3n) is 6.21. The molecule has 8 heteroatoms. The third kappa shape index (κ3) is 3.57. The number of rotatable bonds is 5. The highest BCUT2D eigenvalue weighted by molar-refractivity contribution is 5.86. The van der Waals surface area contributed by atoms with Crippen molar-refractivity contribution in [3.8, 4) is 28.5 Å². The summed E-state index contributed by atoms with van der Waals surface area (Å²) >= 11 is 0. The fourth-order valence-corrected chi connectivity index (χ4v) is 4.15. The smallest absolute Gasteiger partial charge is 0.280 e. The average molecular weight is 450 g/mol. The topological polar surface area (TPSA) is 91.4 Å². The van der Waals surface area contributed by atoms with Gasteiger partial charge in [0, 0.05) is 34.8 Å². The van der Waals surface area contributed by atoms with Crippen molar-refractivity contribution in [2.75, 3.05) is 0 Å². The largest absolute Gasteiger partial charge is 0.310 e. The van der Waals surface area contributed by atoms with Crippen molar-refractivity contribution in [2.45, 2.75) is 38.6 Å². The number of nitrogens with zero attached hydrogens (tertiary/aromatic N) is 7. The Morgan fingerprint density at radius 2 is 1.85 bits per heavy atom. The van der Waals surface area contributed by atoms with Crippen LogP contribution in [0.15, 0.2) is 72.0 Å². The Kier molecular flexibility index (Phi) is 4.79. The molecular formula is C26H23N7O. The molecule has 1 aromatic carbocycles. The van der Waals surface area contributed by atoms with Crippen molar-refractivity contribution in [3.63, 3.8) is 0 Å². The van der Waals surface area contributed by atoms with E-state index in [0.717, 1.165) is 22.2 Å². The second-order valence-electron chi connectivity index (χ2n) is 8.95. The van der Waals surface area contributed by atoms with E-state index >= 15 is 0 Å². The maximum atomic E-state index is 13.4. The minimum atomic E-state index is -0.225. The van der Waals surface area contributed by atoms with Crippen LogP contribution in [-0.4, -0.2) is 34.5 Å². The average Bonchev–Trinajstić information content (AvgIpc) is 3.59. The summed E-state index contributed by atoms with van der Waals surface area (Å²) in [7, 11) is 0. The number of benzene rings is 1. The molecule has 34 heavy (non-hydrogen) atoms. The number of hydrogen-bond acceptors (Lipinski definition) is 6. The van der Waals surface area contributed by atoms with Gasteiger partial charge in [-0.25, -0.2) is 4.98 Å². The predicted molar refractivity (Wildman–Crippen MR) is 130 cm³/mol. The first-order chi connectivity index (χ1) is 16.6. The van der Waals surface area contributed by atoms with Crippen LogP contribution in [0.2, 0.25) is 0 Å². The van der Waals surface area contributed by atoms with Crippen molar-refractivity contribution < 1.29 is 0 Å². The minimum absolute atomic E-state index is 0.184. The third-order valence-corrected chi connectivity index (χ3v) is 6.21. The van der Waals surface area contributed by atoms with E-state index in [1.54, 1.807) is 18.6 Å². The monoisotopic (exact) mass is 449 g/mol. The zero-order valence-electron chi connectivity index (χ0n) is 19.0. The molecule has 1 aliphatic rings. The van der Waals surface area contributed by atoms with Crippen LogP contribution in [0.3, 0.4) is 0 Å². The first-order valence-electron chi connectivity index (χ1n) is 11.4. The Bertz CT molecular complexity index is 1560. The summed E-state index contributed by atoms with van der Waals surface area (Å²) in [5.74, 6) is 1.69. The van der Waals surface area contributed by atoms with E-state index in [9.17, 15) is 4.79 Å². The summed E-state index contributed by atoms with van der Waals surface area (Å²) in [6, 6.07) is 15.7. The zero-order chi connectivity index (χ0) is 23.2. The molecule has 168 valence electrons. The van der Waals surface area contributed by atoms with E-state index in [1.807, 2.05) is 41.1 Å². The molecule has 0 saturated heterocycles. The Morgan fingerprint density at radius 3 is 2.62 bits per heavy atom. The SMILES string of the molecule is CC(C)n1cnnc1-c1cccc(-n2ncc3ccc(-c4ccc(C5CC5)nc4)cc3c2=O)n1. The summed E-state index contributed by atoms with van der Waals surface area (Å²) in [6.07, 6.45) is 7.71. The molecule has 4 aromatic heterocycles. The van der Waals surface area contributed by atoms with Crippen molar-refractivity contribution in [2.24, 2.45) is 0 Å². The van der Waals surface area contributed by atoms with E-state index in [-0.39, 0.29) is 11.6 Å². The Balaban J connectivity index is 1.41. The fourth-order valence-electron chi connectivity index (χ4n) is 4.15. The Labute approximate surface area is 196 Å². The molecule has 1 saturated carbocycles. The highest BCUT2D eigenvalue weighted by Gasteiger charge is 2.24. The molecule has 0 radical (unpaired) electrons. The van der Waals surface area contributed by atoms with Gasteiger partial charge in [-0.15, -0.1) is 10.2 Å². The lowest BCUT2D eigenvalue weighted by atomic mass is 10.0. The second kappa shape index (κ2) is 7.98. The van der Waals surface area contributed by atoms with Crippen molar-refractivity contribution in [3.05, 3.63) is 83.3 Å². The van der Waals surface area contributed by atoms with Gasteiger partial charge in [0.05, 0.1) is 11.6 Å². The quantitative estimate of drug-likeness (QED) is 0.391. The molecule has 0 amide bonds. The molecule has 0 unspecified atom stereocenters. The van der Waals surface area contributed by atoms with E-state index in [1.165, 1.54) is 17.5 Å². The van der Waals surface area contributed by atoms with Crippen molar-refractivity contribution >= 4 is 10.8 Å². The fraction of sp³-hybridized carbons (Fsp3) is 0.231. The molecule has 5 aromatic rings. The number of aromatic nitrogens is 7. The van der Waals surface area contributed by atoms with Gasteiger partial charge in [0.1, 0.15) is 12.0 Å². The lowest BCUT2D eigenvalue weighted by Gasteiger charge is -2.11. The highest BCUT2D eigenvalue weighted by Crippen LogP contribution is 2.39. The van der Waals surface area contributed by atoms with Gasteiger partial charge in [-0.05, 0) is 56.5 Å². The molecule has 1 aliphatic carbocycles. The molecule has 0 aliphatic heterocycles. The molecule has 6 rings (SSSR count). The highest BCUT2D eigenvalue weighted by atomic mass is 16.1. The van der Waals surface area contributed by atoms with E-state index in [4.69, 9.17) is 0 Å². The Morgan fingerprint density at radius 1 is 1.00 bits per heavy atom. The molecule has 0 spiro atoms. The molecule has 4 heterocycles. The van der Waals surface area contributed by atoms with Crippen LogP contribution < -0.4 is 5.56 Å². The van der Waals surface area contributed by atoms with Crippen LogP contribution in [0, 0.1) is 0 Å². The van der Waals surface area contributed by atoms with Gasteiger partial charge in [0.25, 0.3) is 5.56 Å². The van der Waals surface area contributed by atoms with Crippen LogP contribution in [0.1, 0.15) is 44.3 Å². The van der Waals surface area contributed by atoms with Gasteiger partial charge in [0.15, 0.2) is 11.6 Å². The van der Waals surface area contributed by atoms with Crippen molar-refractivity contribution in [1.82, 2.24) is 34.5 Å². The lowest BCUT2D eigenvalue weighted by molar-refractivity contribution is 0.603. The van der Waals surface area contributed by atoms with E-state index in [2.05, 4.69) is 51.2 Å². The van der Waals surface area contributed by atoms with Crippen LogP contribution in [0.25, 0.3) is 39.2 Å². The number of fused-ring (bicyclic) bond motifs is 1. The standard InChI is InChI=1S/C26H23N7O/c1-16(2)32-15-28-31-25(32)23-4-3-5-24(30-23)33-26(34)21-12-18(8-9-20(21)14-29-33)19-10-11-22(27-13-19)17-6-7-17/h3-5,8-17H,6-7H2,1-2H3. The summed E-state index contributed by atoms with van der Waals surface area (Å²) in [5.41, 5.74) is 3.49. The molecule has 0 atom stereocenters. The lowest BCUT2D eigenvalue weighted by Crippen LogP contribution is -2.22. The minimum Gasteiger partial charge on any atom is -0.310 e. The van der Waals surface area contributed by atoms with E-state index < -0.39 is 0 Å². The van der Waals surface area contributed by atoms with Gasteiger partial charge < -0.3 is 4.57 Å². The van der Waals surface area contributed by atoms with E-state index in [0.29, 0.717) is 28.6 Å². The van der Waals surface area contributed by atoms with Gasteiger partial charge in [-0.3, -0.25) is 9.78 Å². The first kappa shape index (κ1) is 20.4. The van der Waals surface area contributed by atoms with Gasteiger partial charge >= 0.3 is 0 Å².